The van der Waals surface area contributed by atoms with Gasteiger partial charge in [0, 0.05) is 27.2 Å². The van der Waals surface area contributed by atoms with E-state index in [1.165, 1.54) is 21.8 Å². The first-order chi connectivity index (χ1) is 9.02. The van der Waals surface area contributed by atoms with Crippen LogP contribution in [0.5, 0.6) is 5.88 Å². The topological polar surface area (TPSA) is 62.8 Å². The molecule has 0 radical (unpaired) electrons. The van der Waals surface area contributed by atoms with E-state index < -0.39 is 0 Å². The molecule has 1 aromatic rings. The first-order valence-corrected chi connectivity index (χ1v) is 6.71. The van der Waals surface area contributed by atoms with Gasteiger partial charge < -0.3 is 5.11 Å². The van der Waals surface area contributed by atoms with Gasteiger partial charge in [-0.1, -0.05) is 0 Å². The standard InChI is InChI=1S/C12H18N4O2S/c1-14-10(17)9(11(18)15(2)12(14)19)8-13-16-6-4-3-5-7-16/h8,17H,3-7H2,1-2H3. The van der Waals surface area contributed by atoms with Crippen molar-refractivity contribution in [2.75, 3.05) is 13.1 Å². The normalized spacial score (nSPS) is 16.2. The first-order valence-electron chi connectivity index (χ1n) is 6.30. The molecular formula is C12H18N4O2S. The third-order valence-electron chi connectivity index (χ3n) is 3.35. The third-order valence-corrected chi connectivity index (χ3v) is 3.90. The molecule has 0 aliphatic carbocycles. The van der Waals surface area contributed by atoms with E-state index in [1.54, 1.807) is 14.1 Å². The van der Waals surface area contributed by atoms with Crippen molar-refractivity contribution < 1.29 is 5.11 Å². The lowest BCUT2D eigenvalue weighted by Crippen LogP contribution is -2.28. The maximum absolute atomic E-state index is 12.0. The van der Waals surface area contributed by atoms with Crippen LogP contribution in [0.15, 0.2) is 9.90 Å². The smallest absolute Gasteiger partial charge is 0.266 e. The van der Waals surface area contributed by atoms with Gasteiger partial charge in [-0.3, -0.25) is 18.9 Å². The molecule has 1 saturated heterocycles. The second kappa shape index (κ2) is 5.56. The molecule has 7 heteroatoms. The fourth-order valence-corrected chi connectivity index (χ4v) is 2.27. The summed E-state index contributed by atoms with van der Waals surface area (Å²) in [5.41, 5.74) is -0.162. The molecule has 0 atom stereocenters. The predicted molar refractivity (Wildman–Crippen MR) is 76.2 cm³/mol. The van der Waals surface area contributed by atoms with Crippen molar-refractivity contribution in [1.29, 1.82) is 0 Å². The number of hydrogen-bond acceptors (Lipinski definition) is 5. The Labute approximate surface area is 116 Å². The highest BCUT2D eigenvalue weighted by Crippen LogP contribution is 2.12. The Morgan fingerprint density at radius 1 is 1.21 bits per heavy atom. The molecule has 6 nitrogen and oxygen atoms in total. The van der Waals surface area contributed by atoms with E-state index in [9.17, 15) is 9.90 Å². The van der Waals surface area contributed by atoms with Crippen LogP contribution in [0.25, 0.3) is 0 Å². The van der Waals surface area contributed by atoms with E-state index in [-0.39, 0.29) is 21.8 Å². The summed E-state index contributed by atoms with van der Waals surface area (Å²) in [5, 5.41) is 16.2. The van der Waals surface area contributed by atoms with Crippen LogP contribution >= 0.6 is 12.2 Å². The molecular weight excluding hydrogens is 264 g/mol. The Morgan fingerprint density at radius 2 is 1.84 bits per heavy atom. The molecule has 1 aliphatic rings. The monoisotopic (exact) mass is 282 g/mol. The fourth-order valence-electron chi connectivity index (χ4n) is 2.10. The van der Waals surface area contributed by atoms with Crippen molar-refractivity contribution in [2.24, 2.45) is 19.2 Å². The maximum atomic E-state index is 12.0. The fraction of sp³-hybridized carbons (Fsp3) is 0.583. The first kappa shape index (κ1) is 13.8. The Kier molecular flexibility index (Phi) is 4.04. The van der Waals surface area contributed by atoms with Gasteiger partial charge in [-0.2, -0.15) is 5.10 Å². The molecule has 0 saturated carbocycles. The number of piperidine rings is 1. The van der Waals surface area contributed by atoms with Gasteiger partial charge >= 0.3 is 0 Å². The molecule has 0 spiro atoms. The minimum absolute atomic E-state index is 0.145. The van der Waals surface area contributed by atoms with E-state index >= 15 is 0 Å². The average Bonchev–Trinajstić information content (AvgIpc) is 2.44. The zero-order valence-electron chi connectivity index (χ0n) is 11.2. The van der Waals surface area contributed by atoms with E-state index in [0.29, 0.717) is 0 Å². The van der Waals surface area contributed by atoms with E-state index in [0.717, 1.165) is 25.9 Å². The third kappa shape index (κ3) is 2.70. The molecule has 19 heavy (non-hydrogen) atoms. The van der Waals surface area contributed by atoms with Crippen LogP contribution in [0.4, 0.5) is 0 Å². The molecule has 1 aliphatic heterocycles. The van der Waals surface area contributed by atoms with Crippen LogP contribution in [0.2, 0.25) is 0 Å². The molecule has 1 N–H and O–H groups in total. The van der Waals surface area contributed by atoms with Gasteiger partial charge in [-0.05, 0) is 31.5 Å². The summed E-state index contributed by atoms with van der Waals surface area (Å²) in [4.78, 5) is 12.0. The van der Waals surface area contributed by atoms with Crippen molar-refractivity contribution in [3.63, 3.8) is 0 Å². The van der Waals surface area contributed by atoms with Crippen molar-refractivity contribution in [1.82, 2.24) is 14.1 Å². The Balaban J connectivity index is 2.37. The summed E-state index contributed by atoms with van der Waals surface area (Å²) in [6, 6.07) is 0. The van der Waals surface area contributed by atoms with Gasteiger partial charge in [-0.25, -0.2) is 0 Å². The summed E-state index contributed by atoms with van der Waals surface area (Å²) in [6.07, 6.45) is 4.87. The van der Waals surface area contributed by atoms with Crippen molar-refractivity contribution >= 4 is 18.4 Å². The van der Waals surface area contributed by atoms with Gasteiger partial charge in [0.15, 0.2) is 4.77 Å². The lowest BCUT2D eigenvalue weighted by Gasteiger charge is -2.23. The Bertz CT molecular complexity index is 611. The van der Waals surface area contributed by atoms with Crippen LogP contribution < -0.4 is 5.56 Å². The molecule has 0 aromatic carbocycles. The van der Waals surface area contributed by atoms with E-state index in [4.69, 9.17) is 12.2 Å². The van der Waals surface area contributed by atoms with Gasteiger partial charge in [-0.15, -0.1) is 0 Å². The zero-order valence-corrected chi connectivity index (χ0v) is 12.0. The number of hydrazone groups is 1. The average molecular weight is 282 g/mol. The summed E-state index contributed by atoms with van der Waals surface area (Å²) in [5.74, 6) is -0.145. The summed E-state index contributed by atoms with van der Waals surface area (Å²) >= 11 is 5.05. The predicted octanol–water partition coefficient (Wildman–Crippen LogP) is 0.979. The number of nitrogens with zero attached hydrogens (tertiary/aromatic N) is 4. The van der Waals surface area contributed by atoms with Crippen LogP contribution in [0, 0.1) is 4.77 Å². The van der Waals surface area contributed by atoms with Gasteiger partial charge in [0.05, 0.1) is 6.21 Å². The van der Waals surface area contributed by atoms with Gasteiger partial charge in [0.25, 0.3) is 5.56 Å². The summed E-state index contributed by atoms with van der Waals surface area (Å²) < 4.78 is 3.00. The number of aromatic hydroxyl groups is 1. The number of aromatic nitrogens is 2. The van der Waals surface area contributed by atoms with Crippen LogP contribution in [-0.2, 0) is 14.1 Å². The van der Waals surface area contributed by atoms with E-state index in [2.05, 4.69) is 5.10 Å². The van der Waals surface area contributed by atoms with Crippen LogP contribution in [0.1, 0.15) is 24.8 Å². The Morgan fingerprint density at radius 3 is 2.47 bits per heavy atom. The zero-order chi connectivity index (χ0) is 14.0. The molecule has 104 valence electrons. The SMILES string of the molecule is Cn1c(O)c(C=NN2CCCCC2)c(=O)n(C)c1=S. The molecule has 2 rings (SSSR count). The quantitative estimate of drug-likeness (QED) is 0.649. The molecule has 1 fully saturated rings. The lowest BCUT2D eigenvalue weighted by atomic mass is 10.2. The second-order valence-corrected chi connectivity index (χ2v) is 5.07. The highest BCUT2D eigenvalue weighted by Gasteiger charge is 2.12. The van der Waals surface area contributed by atoms with Crippen molar-refractivity contribution in [3.05, 3.63) is 20.7 Å². The minimum atomic E-state index is -0.332. The maximum Gasteiger partial charge on any atom is 0.266 e. The van der Waals surface area contributed by atoms with Crippen molar-refractivity contribution in [2.45, 2.75) is 19.3 Å². The highest BCUT2D eigenvalue weighted by atomic mass is 32.1. The second-order valence-electron chi connectivity index (χ2n) is 4.70. The molecule has 0 unspecified atom stereocenters. The molecule has 2 heterocycles. The Hall–Kier alpha value is -1.63. The summed E-state index contributed by atoms with van der Waals surface area (Å²) in [6.45, 7) is 1.78. The lowest BCUT2D eigenvalue weighted by molar-refractivity contribution is 0.240. The van der Waals surface area contributed by atoms with Gasteiger partial charge in [0.2, 0.25) is 5.88 Å². The molecule has 0 bridgehead atoms. The number of hydrogen-bond donors (Lipinski definition) is 1. The molecule has 0 amide bonds. The summed E-state index contributed by atoms with van der Waals surface area (Å²) in [7, 11) is 3.21. The van der Waals surface area contributed by atoms with E-state index in [1.807, 2.05) is 5.01 Å². The van der Waals surface area contributed by atoms with Crippen LogP contribution in [0.3, 0.4) is 0 Å². The minimum Gasteiger partial charge on any atom is -0.494 e. The van der Waals surface area contributed by atoms with Crippen LogP contribution in [-0.4, -0.2) is 38.6 Å². The highest BCUT2D eigenvalue weighted by molar-refractivity contribution is 7.71. The number of rotatable bonds is 2. The van der Waals surface area contributed by atoms with Gasteiger partial charge in [0.1, 0.15) is 5.56 Å². The van der Waals surface area contributed by atoms with Crippen molar-refractivity contribution in [3.8, 4) is 5.88 Å². The largest absolute Gasteiger partial charge is 0.494 e. The molecule has 1 aromatic heterocycles.